The zero-order valence-electron chi connectivity index (χ0n) is 16.8. The molecule has 10 atom stereocenters. The molecule has 168 valence electrons. The van der Waals surface area contributed by atoms with Crippen LogP contribution < -0.4 is 0 Å². The fourth-order valence-corrected chi connectivity index (χ4v) is 4.02. The molecule has 0 radical (unpaired) electrons. The fourth-order valence-electron chi connectivity index (χ4n) is 4.02. The second-order valence-corrected chi connectivity index (χ2v) is 8.77. The van der Waals surface area contributed by atoms with Crippen molar-refractivity contribution in [1.29, 1.82) is 0 Å². The van der Waals surface area contributed by atoms with Gasteiger partial charge in [0.2, 0.25) is 0 Å². The molecule has 0 unspecified atom stereocenters. The largest absolute Gasteiger partial charge is 0.387 e. The third-order valence-electron chi connectivity index (χ3n) is 5.58. The van der Waals surface area contributed by atoms with E-state index < -0.39 is 73.0 Å². The lowest BCUT2D eigenvalue weighted by atomic mass is 9.96. The standard InChI is InChI=1S/C18H30O11/c1-17(2)23-5-7-13(28-17)9(19)11(21)15(25-7)27-16-12(22)10(20)14-8(26-16)6-24-18(3,4)29-14/h7-16,19-22H,5-6H2,1-4H3/t7-,8-,9-,10-,11-,12-,13-,14-,15-,16-/m1/s1. The minimum atomic E-state index is -1.46. The van der Waals surface area contributed by atoms with Crippen molar-refractivity contribution in [1.82, 2.24) is 0 Å². The first-order chi connectivity index (χ1) is 13.5. The van der Waals surface area contributed by atoms with E-state index in [1.807, 2.05) is 0 Å². The van der Waals surface area contributed by atoms with Gasteiger partial charge in [0.1, 0.15) is 48.8 Å². The number of aliphatic hydroxyl groups is 4. The van der Waals surface area contributed by atoms with Crippen LogP contribution in [-0.2, 0) is 33.2 Å². The summed E-state index contributed by atoms with van der Waals surface area (Å²) in [4.78, 5) is 0. The first kappa shape index (κ1) is 21.8. The minimum Gasteiger partial charge on any atom is -0.387 e. The van der Waals surface area contributed by atoms with Crippen molar-refractivity contribution in [3.8, 4) is 0 Å². The molecule has 11 nitrogen and oxygen atoms in total. The van der Waals surface area contributed by atoms with E-state index in [1.165, 1.54) is 0 Å². The summed E-state index contributed by atoms with van der Waals surface area (Å²) in [5.41, 5.74) is 0. The summed E-state index contributed by atoms with van der Waals surface area (Å²) in [5.74, 6) is -1.84. The maximum atomic E-state index is 10.5. The second-order valence-electron chi connectivity index (χ2n) is 8.77. The molecule has 0 aromatic carbocycles. The number of hydrogen-bond acceptors (Lipinski definition) is 11. The predicted octanol–water partition coefficient (Wildman–Crippen LogP) is -1.80. The van der Waals surface area contributed by atoms with E-state index in [0.717, 1.165) is 0 Å². The number of hydrogen-bond donors (Lipinski definition) is 4. The van der Waals surface area contributed by atoms with Crippen LogP contribution in [0, 0.1) is 0 Å². The Morgan fingerprint density at radius 3 is 1.41 bits per heavy atom. The molecule has 4 N–H and O–H groups in total. The number of rotatable bonds is 2. The van der Waals surface area contributed by atoms with Gasteiger partial charge >= 0.3 is 0 Å². The van der Waals surface area contributed by atoms with Crippen LogP contribution in [0.5, 0.6) is 0 Å². The molecule has 29 heavy (non-hydrogen) atoms. The monoisotopic (exact) mass is 422 g/mol. The highest BCUT2D eigenvalue weighted by Crippen LogP contribution is 2.36. The van der Waals surface area contributed by atoms with E-state index in [9.17, 15) is 20.4 Å². The van der Waals surface area contributed by atoms with E-state index in [4.69, 9.17) is 33.2 Å². The molecule has 11 heteroatoms. The van der Waals surface area contributed by atoms with Gasteiger partial charge < -0.3 is 53.6 Å². The highest BCUT2D eigenvalue weighted by atomic mass is 16.8. The molecule has 4 fully saturated rings. The summed E-state index contributed by atoms with van der Waals surface area (Å²) in [7, 11) is 0. The van der Waals surface area contributed by atoms with Crippen molar-refractivity contribution in [3.63, 3.8) is 0 Å². The van der Waals surface area contributed by atoms with E-state index in [2.05, 4.69) is 0 Å². The third-order valence-corrected chi connectivity index (χ3v) is 5.58. The van der Waals surface area contributed by atoms with E-state index in [1.54, 1.807) is 27.7 Å². The number of aliphatic hydroxyl groups excluding tert-OH is 4. The average Bonchev–Trinajstić information content (AvgIpc) is 2.64. The second kappa shape index (κ2) is 7.61. The highest BCUT2D eigenvalue weighted by Gasteiger charge is 2.55. The van der Waals surface area contributed by atoms with Crippen LogP contribution in [0.2, 0.25) is 0 Å². The molecule has 4 saturated heterocycles. The molecular weight excluding hydrogens is 392 g/mol. The number of fused-ring (bicyclic) bond motifs is 2. The van der Waals surface area contributed by atoms with Crippen molar-refractivity contribution in [2.24, 2.45) is 0 Å². The summed E-state index contributed by atoms with van der Waals surface area (Å²) < 4.78 is 39.4. The predicted molar refractivity (Wildman–Crippen MR) is 92.2 cm³/mol. The Hall–Kier alpha value is -0.440. The average molecular weight is 422 g/mol. The van der Waals surface area contributed by atoms with Gasteiger partial charge in [-0.3, -0.25) is 0 Å². The van der Waals surface area contributed by atoms with Crippen molar-refractivity contribution >= 4 is 0 Å². The molecular formula is C18H30O11. The maximum Gasteiger partial charge on any atom is 0.189 e. The van der Waals surface area contributed by atoms with Crippen LogP contribution in [0.3, 0.4) is 0 Å². The van der Waals surface area contributed by atoms with E-state index >= 15 is 0 Å². The number of ether oxygens (including phenoxy) is 7. The summed E-state index contributed by atoms with van der Waals surface area (Å²) in [6, 6.07) is 0. The van der Waals surface area contributed by atoms with Crippen molar-refractivity contribution in [2.45, 2.75) is 101 Å². The Morgan fingerprint density at radius 1 is 0.655 bits per heavy atom. The topological polar surface area (TPSA) is 146 Å². The Bertz CT molecular complexity index is 544. The molecule has 0 amide bonds. The Morgan fingerprint density at radius 2 is 1.03 bits per heavy atom. The third kappa shape index (κ3) is 4.19. The smallest absolute Gasteiger partial charge is 0.189 e. The fraction of sp³-hybridized carbons (Fsp3) is 1.00. The summed E-state index contributed by atoms with van der Waals surface area (Å²) in [6.45, 7) is 7.04. The Labute approximate surface area is 168 Å². The zero-order valence-corrected chi connectivity index (χ0v) is 16.8. The van der Waals surface area contributed by atoms with Crippen molar-refractivity contribution in [2.75, 3.05) is 13.2 Å². The quantitative estimate of drug-likeness (QED) is 0.400. The molecule has 4 rings (SSSR count). The first-order valence-corrected chi connectivity index (χ1v) is 9.80. The molecule has 0 aromatic rings. The van der Waals surface area contributed by atoms with E-state index in [-0.39, 0.29) is 13.2 Å². The summed E-state index contributed by atoms with van der Waals surface area (Å²) in [5, 5.41) is 41.9. The summed E-state index contributed by atoms with van der Waals surface area (Å²) >= 11 is 0. The highest BCUT2D eigenvalue weighted by molar-refractivity contribution is 4.96. The lowest BCUT2D eigenvalue weighted by Crippen LogP contribution is -2.68. The summed E-state index contributed by atoms with van der Waals surface area (Å²) in [6.07, 6.45) is -11.2. The van der Waals surface area contributed by atoms with Gasteiger partial charge in [-0.25, -0.2) is 0 Å². The normalized spacial score (nSPS) is 51.7. The van der Waals surface area contributed by atoms with Gasteiger partial charge in [-0.1, -0.05) is 0 Å². The van der Waals surface area contributed by atoms with Gasteiger partial charge in [0, 0.05) is 0 Å². The van der Waals surface area contributed by atoms with Gasteiger partial charge in [0.25, 0.3) is 0 Å². The van der Waals surface area contributed by atoms with Gasteiger partial charge in [0.15, 0.2) is 24.2 Å². The van der Waals surface area contributed by atoms with Crippen LogP contribution >= 0.6 is 0 Å². The van der Waals surface area contributed by atoms with Crippen LogP contribution in [0.1, 0.15) is 27.7 Å². The molecule has 4 aliphatic rings. The minimum absolute atomic E-state index is 0.124. The lowest BCUT2D eigenvalue weighted by molar-refractivity contribution is -0.424. The lowest BCUT2D eigenvalue weighted by Gasteiger charge is -2.51. The van der Waals surface area contributed by atoms with E-state index in [0.29, 0.717) is 0 Å². The van der Waals surface area contributed by atoms with Gasteiger partial charge in [-0.15, -0.1) is 0 Å². The van der Waals surface area contributed by atoms with Crippen molar-refractivity contribution in [3.05, 3.63) is 0 Å². The van der Waals surface area contributed by atoms with Crippen LogP contribution in [-0.4, -0.2) is 107 Å². The van der Waals surface area contributed by atoms with Gasteiger partial charge in [0.05, 0.1) is 13.2 Å². The first-order valence-electron chi connectivity index (χ1n) is 9.80. The Kier molecular flexibility index (Phi) is 5.71. The van der Waals surface area contributed by atoms with Gasteiger partial charge in [-0.2, -0.15) is 0 Å². The molecule has 4 heterocycles. The molecule has 0 aromatic heterocycles. The SMILES string of the molecule is CC1(C)OC[C@H]2O[C@H](O[C@H]3O[C@@H]4COC(C)(C)O[C@H]4[C@H](O)[C@H]3O)[C@H](O)[C@@H](O)[C@@H]2O1. The van der Waals surface area contributed by atoms with Crippen LogP contribution in [0.25, 0.3) is 0 Å². The zero-order chi connectivity index (χ0) is 21.1. The molecule has 4 aliphatic heterocycles. The Balaban J connectivity index is 1.43. The van der Waals surface area contributed by atoms with Crippen LogP contribution in [0.15, 0.2) is 0 Å². The maximum absolute atomic E-state index is 10.5. The van der Waals surface area contributed by atoms with Gasteiger partial charge in [-0.05, 0) is 27.7 Å². The molecule has 0 saturated carbocycles. The van der Waals surface area contributed by atoms with Crippen LogP contribution in [0.4, 0.5) is 0 Å². The molecule has 0 bridgehead atoms. The molecule has 0 aliphatic carbocycles. The molecule has 0 spiro atoms. The van der Waals surface area contributed by atoms with Crippen molar-refractivity contribution < 1.29 is 53.6 Å².